The predicted octanol–water partition coefficient (Wildman–Crippen LogP) is 5.73. The van der Waals surface area contributed by atoms with Crippen molar-refractivity contribution in [1.82, 2.24) is 9.97 Å². The Hall–Kier alpha value is -3.06. The van der Waals surface area contributed by atoms with Crippen LogP contribution in [0.3, 0.4) is 0 Å². The van der Waals surface area contributed by atoms with Crippen LogP contribution in [0.15, 0.2) is 57.2 Å². The first-order valence-electron chi connectivity index (χ1n) is 8.26. The van der Waals surface area contributed by atoms with E-state index in [1.165, 1.54) is 0 Å². The van der Waals surface area contributed by atoms with Crippen LogP contribution in [0.25, 0.3) is 21.8 Å². The average Bonchev–Trinajstić information content (AvgIpc) is 2.94. The van der Waals surface area contributed by atoms with Crippen LogP contribution in [0.1, 0.15) is 21.6 Å². The molecule has 0 atom stereocenters. The van der Waals surface area contributed by atoms with E-state index in [1.807, 2.05) is 44.2 Å². The number of aromatic amines is 1. The molecule has 6 nitrogen and oxygen atoms in total. The van der Waals surface area contributed by atoms with Crippen molar-refractivity contribution in [3.05, 3.63) is 63.8 Å². The number of nitrogens with zero attached hydrogens (tertiary/aromatic N) is 3. The minimum atomic E-state index is -0.486. The highest BCUT2D eigenvalue weighted by Gasteiger charge is 2.14. The third-order valence-corrected chi connectivity index (χ3v) is 4.77. The Balaban J connectivity index is 1.79. The number of rotatable bonds is 2. The lowest BCUT2D eigenvalue weighted by Crippen LogP contribution is -1.99. The molecule has 0 aliphatic heterocycles. The van der Waals surface area contributed by atoms with Gasteiger partial charge in [-0.05, 0) is 50.2 Å². The Kier molecular flexibility index (Phi) is 4.24. The fourth-order valence-corrected chi connectivity index (χ4v) is 3.40. The first-order chi connectivity index (χ1) is 12.9. The van der Waals surface area contributed by atoms with Gasteiger partial charge in [-0.1, -0.05) is 27.6 Å². The number of carbonyl (C=O) groups excluding carboxylic acids is 1. The Morgan fingerprint density at radius 3 is 2.74 bits per heavy atom. The number of halogens is 1. The van der Waals surface area contributed by atoms with Gasteiger partial charge in [0, 0.05) is 20.9 Å². The van der Waals surface area contributed by atoms with Crippen LogP contribution in [-0.4, -0.2) is 21.0 Å². The molecule has 2 N–H and O–H groups in total. The highest BCUT2D eigenvalue weighted by atomic mass is 79.9. The van der Waals surface area contributed by atoms with E-state index in [1.54, 1.807) is 12.1 Å². The van der Waals surface area contributed by atoms with E-state index in [9.17, 15) is 9.90 Å². The third-order valence-electron chi connectivity index (χ3n) is 4.28. The summed E-state index contributed by atoms with van der Waals surface area (Å²) in [6, 6.07) is 12.9. The van der Waals surface area contributed by atoms with Crippen molar-refractivity contribution in [2.24, 2.45) is 10.2 Å². The van der Waals surface area contributed by atoms with Gasteiger partial charge in [-0.25, -0.2) is 0 Å². The molecular formula is C20H15BrN4O2. The molecule has 2 aromatic carbocycles. The molecule has 0 aliphatic rings. The smallest absolute Gasteiger partial charge is 0.296 e. The van der Waals surface area contributed by atoms with Crippen LogP contribution >= 0.6 is 15.9 Å². The Labute approximate surface area is 163 Å². The zero-order chi connectivity index (χ0) is 19.1. The van der Waals surface area contributed by atoms with E-state index in [-0.39, 0.29) is 11.6 Å². The SMILES string of the molecule is Cc1ccc2nc(C)cc(C(=O)N=Nc3c(O)[nH]c4ccc(Br)cc34)c2c1. The standard InChI is InChI=1S/C20H15BrN4O2/c1-10-3-5-16-13(7-10)14(8-11(2)22-16)19(26)25-24-18-15-9-12(21)4-6-17(15)23-20(18)27/h3-9,23,27H,1-2H3. The second-order valence-electron chi connectivity index (χ2n) is 6.35. The van der Waals surface area contributed by atoms with E-state index >= 15 is 0 Å². The molecule has 0 bridgehead atoms. The molecule has 4 aromatic rings. The predicted molar refractivity (Wildman–Crippen MR) is 108 cm³/mol. The molecule has 0 unspecified atom stereocenters. The fraction of sp³-hybridized carbons (Fsp3) is 0.100. The molecule has 0 saturated heterocycles. The Morgan fingerprint density at radius 1 is 1.11 bits per heavy atom. The summed E-state index contributed by atoms with van der Waals surface area (Å²) in [5.41, 5.74) is 3.86. The van der Waals surface area contributed by atoms with Gasteiger partial charge in [-0.3, -0.25) is 9.78 Å². The largest absolute Gasteiger partial charge is 0.493 e. The summed E-state index contributed by atoms with van der Waals surface area (Å²) in [5, 5.41) is 19.4. The average molecular weight is 423 g/mol. The highest BCUT2D eigenvalue weighted by Crippen LogP contribution is 2.37. The van der Waals surface area contributed by atoms with E-state index < -0.39 is 5.91 Å². The maximum absolute atomic E-state index is 12.7. The van der Waals surface area contributed by atoms with Gasteiger partial charge in [-0.15, -0.1) is 10.2 Å². The lowest BCUT2D eigenvalue weighted by molar-refractivity contribution is 0.0996. The summed E-state index contributed by atoms with van der Waals surface area (Å²) < 4.78 is 0.836. The molecule has 0 fully saturated rings. The topological polar surface area (TPSA) is 90.7 Å². The number of carbonyl (C=O) groups is 1. The van der Waals surface area contributed by atoms with Gasteiger partial charge >= 0.3 is 0 Å². The van der Waals surface area contributed by atoms with E-state index in [0.29, 0.717) is 16.5 Å². The monoisotopic (exact) mass is 422 g/mol. The van der Waals surface area contributed by atoms with Gasteiger partial charge in [0.25, 0.3) is 5.91 Å². The van der Waals surface area contributed by atoms with Crippen molar-refractivity contribution >= 4 is 49.3 Å². The molecule has 0 spiro atoms. The summed E-state index contributed by atoms with van der Waals surface area (Å²) in [6.07, 6.45) is 0. The molecule has 134 valence electrons. The Morgan fingerprint density at radius 2 is 1.93 bits per heavy atom. The van der Waals surface area contributed by atoms with Crippen LogP contribution in [-0.2, 0) is 0 Å². The molecule has 7 heteroatoms. The molecule has 2 heterocycles. The van der Waals surface area contributed by atoms with Gasteiger partial charge in [0.15, 0.2) is 5.69 Å². The van der Waals surface area contributed by atoms with Crippen LogP contribution in [0.5, 0.6) is 5.88 Å². The molecule has 0 aliphatic carbocycles. The minimum Gasteiger partial charge on any atom is -0.493 e. The van der Waals surface area contributed by atoms with Crippen molar-refractivity contribution in [2.75, 3.05) is 0 Å². The van der Waals surface area contributed by atoms with Crippen molar-refractivity contribution in [3.63, 3.8) is 0 Å². The molecule has 0 saturated carbocycles. The van der Waals surface area contributed by atoms with Crippen molar-refractivity contribution in [1.29, 1.82) is 0 Å². The number of hydrogen-bond acceptors (Lipinski definition) is 4. The second-order valence-corrected chi connectivity index (χ2v) is 7.26. The maximum Gasteiger partial charge on any atom is 0.296 e. The number of fused-ring (bicyclic) bond motifs is 2. The molecule has 4 rings (SSSR count). The second kappa shape index (κ2) is 6.59. The normalized spacial score (nSPS) is 11.7. The summed E-state index contributed by atoms with van der Waals surface area (Å²) >= 11 is 3.39. The quantitative estimate of drug-likeness (QED) is 0.404. The number of aryl methyl sites for hydroxylation is 2. The molecule has 0 radical (unpaired) electrons. The summed E-state index contributed by atoms with van der Waals surface area (Å²) in [4.78, 5) is 20.0. The van der Waals surface area contributed by atoms with Gasteiger partial charge < -0.3 is 10.1 Å². The van der Waals surface area contributed by atoms with Crippen molar-refractivity contribution < 1.29 is 9.90 Å². The lowest BCUT2D eigenvalue weighted by atomic mass is 10.1. The van der Waals surface area contributed by atoms with Crippen molar-refractivity contribution in [2.45, 2.75) is 13.8 Å². The fourth-order valence-electron chi connectivity index (χ4n) is 3.04. The molecular weight excluding hydrogens is 408 g/mol. The number of aromatic nitrogens is 2. The zero-order valence-electron chi connectivity index (χ0n) is 14.6. The third kappa shape index (κ3) is 3.21. The Bertz CT molecular complexity index is 1240. The number of aromatic hydroxyl groups is 1. The summed E-state index contributed by atoms with van der Waals surface area (Å²) in [6.45, 7) is 3.78. The summed E-state index contributed by atoms with van der Waals surface area (Å²) in [7, 11) is 0. The number of H-pyrrole nitrogens is 1. The van der Waals surface area contributed by atoms with Crippen LogP contribution in [0.4, 0.5) is 5.69 Å². The van der Waals surface area contributed by atoms with Gasteiger partial charge in [0.2, 0.25) is 5.88 Å². The molecule has 1 amide bonds. The summed E-state index contributed by atoms with van der Waals surface area (Å²) in [5.74, 6) is -0.619. The highest BCUT2D eigenvalue weighted by molar-refractivity contribution is 9.10. The first kappa shape index (κ1) is 17.4. The van der Waals surface area contributed by atoms with E-state index in [4.69, 9.17) is 0 Å². The van der Waals surface area contributed by atoms with Crippen LogP contribution < -0.4 is 0 Å². The van der Waals surface area contributed by atoms with E-state index in [0.717, 1.165) is 26.6 Å². The van der Waals surface area contributed by atoms with Crippen molar-refractivity contribution in [3.8, 4) is 5.88 Å². The van der Waals surface area contributed by atoms with Crippen LogP contribution in [0, 0.1) is 13.8 Å². The van der Waals surface area contributed by atoms with Gasteiger partial charge in [0.05, 0.1) is 16.6 Å². The van der Waals surface area contributed by atoms with Crippen LogP contribution in [0.2, 0.25) is 0 Å². The number of pyridine rings is 1. The molecule has 2 aromatic heterocycles. The van der Waals surface area contributed by atoms with E-state index in [2.05, 4.69) is 36.1 Å². The van der Waals surface area contributed by atoms with Gasteiger partial charge in [-0.2, -0.15) is 0 Å². The number of azo groups is 1. The first-order valence-corrected chi connectivity index (χ1v) is 9.06. The molecule has 27 heavy (non-hydrogen) atoms. The number of benzene rings is 2. The lowest BCUT2D eigenvalue weighted by Gasteiger charge is -2.05. The minimum absolute atomic E-state index is 0.133. The number of nitrogens with one attached hydrogen (secondary N) is 1. The zero-order valence-corrected chi connectivity index (χ0v) is 16.2. The number of hydrogen-bond donors (Lipinski definition) is 2. The number of amides is 1. The maximum atomic E-state index is 12.7. The van der Waals surface area contributed by atoms with Gasteiger partial charge in [0.1, 0.15) is 0 Å².